The third-order valence-electron chi connectivity index (χ3n) is 4.55. The Morgan fingerprint density at radius 3 is 2.36 bits per heavy atom. The van der Waals surface area contributed by atoms with Crippen molar-refractivity contribution in [1.29, 1.82) is 0 Å². The molecule has 0 aromatic carbocycles. The Bertz CT molecular complexity index is 697. The van der Waals surface area contributed by atoms with Crippen LogP contribution in [0.1, 0.15) is 21.9 Å². The van der Waals surface area contributed by atoms with Crippen LogP contribution < -0.4 is 5.32 Å². The standard InChI is InChI=1S/C14H20N2O5S/c1-8-12(14(17)20-3)13(9(2)21-8)22(18,19)16-6-10-4-15-5-11(10)7-16/h10-11,15H,4-7H2,1-3H3/t10-,11+. The number of nitrogens with zero attached hydrogens (tertiary/aromatic N) is 1. The Labute approximate surface area is 129 Å². The number of nitrogens with one attached hydrogen (secondary N) is 1. The summed E-state index contributed by atoms with van der Waals surface area (Å²) in [5.74, 6) is 0.486. The van der Waals surface area contributed by atoms with Crippen molar-refractivity contribution in [1.82, 2.24) is 9.62 Å². The van der Waals surface area contributed by atoms with Crippen molar-refractivity contribution in [3.63, 3.8) is 0 Å². The highest BCUT2D eigenvalue weighted by atomic mass is 32.2. The van der Waals surface area contributed by atoms with E-state index in [9.17, 15) is 13.2 Å². The Hall–Kier alpha value is -1.38. The fourth-order valence-corrected chi connectivity index (χ4v) is 5.37. The van der Waals surface area contributed by atoms with E-state index in [2.05, 4.69) is 5.32 Å². The Balaban J connectivity index is 2.01. The van der Waals surface area contributed by atoms with E-state index in [4.69, 9.17) is 9.15 Å². The van der Waals surface area contributed by atoms with E-state index in [-0.39, 0.29) is 22.0 Å². The van der Waals surface area contributed by atoms with Crippen molar-refractivity contribution in [3.05, 3.63) is 17.1 Å². The molecule has 7 nitrogen and oxygen atoms in total. The molecule has 0 aliphatic carbocycles. The maximum absolute atomic E-state index is 13.0. The SMILES string of the molecule is COC(=O)c1c(C)oc(C)c1S(=O)(=O)N1C[C@H]2CNC[C@H]2C1. The van der Waals surface area contributed by atoms with E-state index in [1.54, 1.807) is 13.8 Å². The minimum Gasteiger partial charge on any atom is -0.465 e. The van der Waals surface area contributed by atoms with Gasteiger partial charge in [0.15, 0.2) is 0 Å². The van der Waals surface area contributed by atoms with Gasteiger partial charge in [0.1, 0.15) is 22.0 Å². The number of hydrogen-bond donors (Lipinski definition) is 1. The summed E-state index contributed by atoms with van der Waals surface area (Å²) in [6, 6.07) is 0. The van der Waals surface area contributed by atoms with E-state index < -0.39 is 16.0 Å². The third-order valence-corrected chi connectivity index (χ3v) is 6.53. The highest BCUT2D eigenvalue weighted by Gasteiger charge is 2.44. The normalized spacial score (nSPS) is 25.4. The average molecular weight is 328 g/mol. The molecule has 2 aliphatic rings. The van der Waals surface area contributed by atoms with Gasteiger partial charge in [-0.2, -0.15) is 4.31 Å². The molecule has 1 aromatic rings. The number of rotatable bonds is 3. The van der Waals surface area contributed by atoms with Crippen molar-refractivity contribution in [3.8, 4) is 0 Å². The van der Waals surface area contributed by atoms with Crippen molar-refractivity contribution in [2.75, 3.05) is 33.3 Å². The van der Waals surface area contributed by atoms with Crippen LogP contribution >= 0.6 is 0 Å². The zero-order valence-corrected chi connectivity index (χ0v) is 13.7. The van der Waals surface area contributed by atoms with E-state index in [0.29, 0.717) is 24.9 Å². The summed E-state index contributed by atoms with van der Waals surface area (Å²) in [5, 5.41) is 3.28. The molecule has 8 heteroatoms. The van der Waals surface area contributed by atoms with Gasteiger partial charge in [0, 0.05) is 13.1 Å². The van der Waals surface area contributed by atoms with Crippen molar-refractivity contribution in [2.24, 2.45) is 11.8 Å². The van der Waals surface area contributed by atoms with Gasteiger partial charge in [0.05, 0.1) is 7.11 Å². The van der Waals surface area contributed by atoms with Crippen LogP contribution in [0.15, 0.2) is 9.31 Å². The first-order chi connectivity index (χ1) is 10.4. The number of furan rings is 1. The van der Waals surface area contributed by atoms with Gasteiger partial charge in [-0.3, -0.25) is 0 Å². The average Bonchev–Trinajstić information content (AvgIpc) is 3.10. The van der Waals surface area contributed by atoms with Crippen LogP contribution in [-0.2, 0) is 14.8 Å². The smallest absolute Gasteiger partial charge is 0.342 e. The molecule has 2 saturated heterocycles. The van der Waals surface area contributed by atoms with E-state index in [1.165, 1.54) is 11.4 Å². The monoisotopic (exact) mass is 328 g/mol. The summed E-state index contributed by atoms with van der Waals surface area (Å²) in [4.78, 5) is 11.9. The fourth-order valence-electron chi connectivity index (χ4n) is 3.45. The molecule has 0 bridgehead atoms. The number of carbonyl (C=O) groups excluding carboxylic acids is 1. The highest BCUT2D eigenvalue weighted by molar-refractivity contribution is 7.89. The fraction of sp³-hybridized carbons (Fsp3) is 0.643. The van der Waals surface area contributed by atoms with Gasteiger partial charge in [0.25, 0.3) is 0 Å². The predicted molar refractivity (Wildman–Crippen MR) is 78.1 cm³/mol. The molecule has 0 amide bonds. The van der Waals surface area contributed by atoms with Gasteiger partial charge in [-0.15, -0.1) is 0 Å². The first-order valence-electron chi connectivity index (χ1n) is 7.25. The minimum absolute atomic E-state index is 0.00943. The van der Waals surface area contributed by atoms with E-state index in [1.807, 2.05) is 0 Å². The lowest BCUT2D eigenvalue weighted by atomic mass is 10.0. The molecule has 22 heavy (non-hydrogen) atoms. The number of sulfonamides is 1. The van der Waals surface area contributed by atoms with Crippen LogP contribution in [0.3, 0.4) is 0 Å². The molecule has 3 heterocycles. The molecule has 0 spiro atoms. The maximum Gasteiger partial charge on any atom is 0.342 e. The summed E-state index contributed by atoms with van der Waals surface area (Å²) >= 11 is 0. The van der Waals surface area contributed by atoms with Crippen LogP contribution in [0.4, 0.5) is 0 Å². The van der Waals surface area contributed by atoms with Gasteiger partial charge < -0.3 is 14.5 Å². The predicted octanol–water partition coefficient (Wildman–Crippen LogP) is 0.523. The highest BCUT2D eigenvalue weighted by Crippen LogP contribution is 2.35. The van der Waals surface area contributed by atoms with Gasteiger partial charge in [-0.1, -0.05) is 0 Å². The van der Waals surface area contributed by atoms with Crippen LogP contribution in [0.5, 0.6) is 0 Å². The van der Waals surface area contributed by atoms with Crippen molar-refractivity contribution < 1.29 is 22.4 Å². The molecule has 2 aliphatic heterocycles. The van der Waals surface area contributed by atoms with Gasteiger partial charge in [-0.25, -0.2) is 13.2 Å². The minimum atomic E-state index is -3.77. The summed E-state index contributed by atoms with van der Waals surface area (Å²) < 4.78 is 37.5. The van der Waals surface area contributed by atoms with E-state index in [0.717, 1.165) is 13.1 Å². The summed E-state index contributed by atoms with van der Waals surface area (Å²) in [6.45, 7) is 5.76. The van der Waals surface area contributed by atoms with Crippen LogP contribution in [0.25, 0.3) is 0 Å². The van der Waals surface area contributed by atoms with Crippen molar-refractivity contribution >= 4 is 16.0 Å². The molecular formula is C14H20N2O5S. The van der Waals surface area contributed by atoms with Gasteiger partial charge in [0.2, 0.25) is 10.0 Å². The number of methoxy groups -OCH3 is 1. The Kier molecular flexibility index (Phi) is 3.78. The lowest BCUT2D eigenvalue weighted by molar-refractivity contribution is 0.0594. The molecule has 0 unspecified atom stereocenters. The lowest BCUT2D eigenvalue weighted by Crippen LogP contribution is -2.33. The molecule has 1 N–H and O–H groups in total. The molecule has 0 saturated carbocycles. The lowest BCUT2D eigenvalue weighted by Gasteiger charge is -2.17. The van der Waals surface area contributed by atoms with E-state index >= 15 is 0 Å². The molecule has 0 radical (unpaired) electrons. The van der Waals surface area contributed by atoms with Crippen LogP contribution in [0, 0.1) is 25.7 Å². The number of hydrogen-bond acceptors (Lipinski definition) is 6. The Morgan fingerprint density at radius 2 is 1.82 bits per heavy atom. The van der Waals surface area contributed by atoms with Crippen molar-refractivity contribution in [2.45, 2.75) is 18.7 Å². The van der Waals surface area contributed by atoms with Gasteiger partial charge in [-0.05, 0) is 38.8 Å². The molecule has 2 atom stereocenters. The number of esters is 1. The second kappa shape index (κ2) is 5.36. The Morgan fingerprint density at radius 1 is 1.23 bits per heavy atom. The van der Waals surface area contributed by atoms with Crippen LogP contribution in [0.2, 0.25) is 0 Å². The zero-order chi connectivity index (χ0) is 16.1. The second-order valence-corrected chi connectivity index (χ2v) is 7.79. The number of ether oxygens (including phenoxy) is 1. The maximum atomic E-state index is 13.0. The summed E-state index contributed by atoms with van der Waals surface area (Å²) in [7, 11) is -2.54. The van der Waals surface area contributed by atoms with Crippen LogP contribution in [-0.4, -0.2) is 52.0 Å². The largest absolute Gasteiger partial charge is 0.465 e. The quantitative estimate of drug-likeness (QED) is 0.814. The number of fused-ring (bicyclic) bond motifs is 1. The molecule has 122 valence electrons. The molecular weight excluding hydrogens is 308 g/mol. The number of carbonyl (C=O) groups is 1. The first-order valence-corrected chi connectivity index (χ1v) is 8.69. The third kappa shape index (κ3) is 2.26. The summed E-state index contributed by atoms with van der Waals surface area (Å²) in [6.07, 6.45) is 0. The molecule has 3 rings (SSSR count). The zero-order valence-electron chi connectivity index (χ0n) is 12.9. The van der Waals surface area contributed by atoms with Gasteiger partial charge >= 0.3 is 5.97 Å². The molecule has 1 aromatic heterocycles. The molecule has 2 fully saturated rings. The first kappa shape index (κ1) is 15.5. The summed E-state index contributed by atoms with van der Waals surface area (Å²) in [5.41, 5.74) is 0.00943. The topological polar surface area (TPSA) is 88.8 Å². The second-order valence-electron chi connectivity index (χ2n) is 5.91. The number of aryl methyl sites for hydroxylation is 2.